The molecule has 0 radical (unpaired) electrons. The number of fused-ring (bicyclic) bond motifs is 1. The molecule has 2 N–H and O–H groups in total. The number of ether oxygens (including phenoxy) is 3. The predicted octanol–water partition coefficient (Wildman–Crippen LogP) is 2.48. The highest BCUT2D eigenvalue weighted by Crippen LogP contribution is 2.36. The topological polar surface area (TPSA) is 80.3 Å². The highest BCUT2D eigenvalue weighted by atomic mass is 35.5. The van der Waals surface area contributed by atoms with E-state index in [-0.39, 0.29) is 17.9 Å². The van der Waals surface area contributed by atoms with Crippen molar-refractivity contribution in [2.75, 3.05) is 46.0 Å². The van der Waals surface area contributed by atoms with Gasteiger partial charge in [0.25, 0.3) is 5.91 Å². The summed E-state index contributed by atoms with van der Waals surface area (Å²) in [6, 6.07) is 3.30. The Morgan fingerprint density at radius 1 is 1.17 bits per heavy atom. The minimum absolute atomic E-state index is 0.0212. The zero-order valence-electron chi connectivity index (χ0n) is 17.3. The number of nitrogens with zero attached hydrogens (tertiary/aromatic N) is 1. The Labute approximate surface area is 182 Å². The molecule has 3 heterocycles. The molecule has 2 saturated heterocycles. The van der Waals surface area contributed by atoms with Crippen LogP contribution in [0.2, 0.25) is 5.02 Å². The van der Waals surface area contributed by atoms with E-state index >= 15 is 0 Å². The number of aliphatic hydroxyl groups is 1. The molecule has 3 unspecified atom stereocenters. The van der Waals surface area contributed by atoms with Crippen LogP contribution in [0.25, 0.3) is 0 Å². The van der Waals surface area contributed by atoms with Gasteiger partial charge in [-0.05, 0) is 44.7 Å². The van der Waals surface area contributed by atoms with E-state index in [1.807, 2.05) is 0 Å². The number of β-amino-alcohol motifs (C(OH)–C–C–N with tert-alkyl or cyclic N) is 1. The molecule has 8 heteroatoms. The van der Waals surface area contributed by atoms with Crippen LogP contribution in [0, 0.1) is 5.92 Å². The standard InChI is InChI=1S/C22H31ClN2O5/c23-16-10-18(21-20(11-16)29-7-1-2-8-30-21)22(27)24-12-15-5-6-25(14-19(15)26)13-17-4-3-9-28-17/h10-11,15,17,19,26H,1-9,12-14H2,(H,24,27). The molecular weight excluding hydrogens is 408 g/mol. The van der Waals surface area contributed by atoms with Gasteiger partial charge in [-0.3, -0.25) is 9.69 Å². The lowest BCUT2D eigenvalue weighted by Crippen LogP contribution is -2.49. The first-order chi connectivity index (χ1) is 14.6. The second-order valence-electron chi connectivity index (χ2n) is 8.41. The number of carbonyl (C=O) groups is 1. The van der Waals surface area contributed by atoms with Gasteiger partial charge in [0.15, 0.2) is 11.5 Å². The molecule has 3 aliphatic rings. The first-order valence-corrected chi connectivity index (χ1v) is 11.4. The van der Waals surface area contributed by atoms with Crippen molar-refractivity contribution < 1.29 is 24.1 Å². The van der Waals surface area contributed by atoms with Gasteiger partial charge in [0.2, 0.25) is 0 Å². The Balaban J connectivity index is 1.33. The summed E-state index contributed by atoms with van der Waals surface area (Å²) in [5, 5.41) is 14.0. The van der Waals surface area contributed by atoms with Crippen LogP contribution >= 0.6 is 11.6 Å². The molecule has 0 aliphatic carbocycles. The summed E-state index contributed by atoms with van der Waals surface area (Å²) in [4.78, 5) is 15.2. The molecule has 1 aromatic rings. The second-order valence-corrected chi connectivity index (χ2v) is 8.84. The zero-order valence-corrected chi connectivity index (χ0v) is 18.0. The predicted molar refractivity (Wildman–Crippen MR) is 114 cm³/mol. The van der Waals surface area contributed by atoms with Gasteiger partial charge < -0.3 is 24.6 Å². The lowest BCUT2D eigenvalue weighted by molar-refractivity contribution is -0.00192. The first-order valence-electron chi connectivity index (χ1n) is 11.0. The number of amides is 1. The van der Waals surface area contributed by atoms with Gasteiger partial charge in [0.1, 0.15) is 0 Å². The fourth-order valence-electron chi connectivity index (χ4n) is 4.40. The molecule has 7 nitrogen and oxygen atoms in total. The Morgan fingerprint density at radius 3 is 2.77 bits per heavy atom. The number of aliphatic hydroxyl groups excluding tert-OH is 1. The van der Waals surface area contributed by atoms with Crippen LogP contribution < -0.4 is 14.8 Å². The van der Waals surface area contributed by atoms with Gasteiger partial charge >= 0.3 is 0 Å². The number of carbonyl (C=O) groups excluding carboxylic acids is 1. The molecule has 3 atom stereocenters. The molecule has 1 aromatic carbocycles. The number of likely N-dealkylation sites (tertiary alicyclic amines) is 1. The fraction of sp³-hybridized carbons (Fsp3) is 0.682. The Hall–Kier alpha value is -1.54. The van der Waals surface area contributed by atoms with Crippen LogP contribution in [-0.4, -0.2) is 74.1 Å². The van der Waals surface area contributed by atoms with Crippen LogP contribution in [-0.2, 0) is 4.74 Å². The molecule has 1 amide bonds. The molecular formula is C22H31ClN2O5. The number of hydrogen-bond donors (Lipinski definition) is 2. The lowest BCUT2D eigenvalue weighted by atomic mass is 9.93. The van der Waals surface area contributed by atoms with E-state index in [4.69, 9.17) is 25.8 Å². The summed E-state index contributed by atoms with van der Waals surface area (Å²) in [6.07, 6.45) is 4.65. The van der Waals surface area contributed by atoms with Crippen molar-refractivity contribution in [3.63, 3.8) is 0 Å². The zero-order chi connectivity index (χ0) is 20.9. The van der Waals surface area contributed by atoms with Crippen molar-refractivity contribution >= 4 is 17.5 Å². The van der Waals surface area contributed by atoms with E-state index in [0.29, 0.717) is 48.4 Å². The molecule has 3 aliphatic heterocycles. The smallest absolute Gasteiger partial charge is 0.255 e. The van der Waals surface area contributed by atoms with Gasteiger partial charge in [-0.2, -0.15) is 0 Å². The summed E-state index contributed by atoms with van der Waals surface area (Å²) in [6.45, 7) is 4.77. The summed E-state index contributed by atoms with van der Waals surface area (Å²) in [5.74, 6) is 0.720. The molecule has 0 bridgehead atoms. The molecule has 166 valence electrons. The monoisotopic (exact) mass is 438 g/mol. The maximum atomic E-state index is 12.9. The number of halogens is 1. The van der Waals surface area contributed by atoms with Crippen LogP contribution in [0.1, 0.15) is 42.5 Å². The summed E-state index contributed by atoms with van der Waals surface area (Å²) < 4.78 is 17.3. The minimum atomic E-state index is -0.472. The van der Waals surface area contributed by atoms with Gasteiger partial charge in [0.05, 0.1) is 31.0 Å². The number of hydrogen-bond acceptors (Lipinski definition) is 6. The summed E-state index contributed by atoms with van der Waals surface area (Å²) in [7, 11) is 0. The number of benzene rings is 1. The van der Waals surface area contributed by atoms with Crippen molar-refractivity contribution in [2.24, 2.45) is 5.92 Å². The van der Waals surface area contributed by atoms with Gasteiger partial charge in [0, 0.05) is 43.2 Å². The van der Waals surface area contributed by atoms with Crippen LogP contribution in [0.5, 0.6) is 11.5 Å². The van der Waals surface area contributed by atoms with Crippen molar-refractivity contribution in [3.05, 3.63) is 22.7 Å². The van der Waals surface area contributed by atoms with E-state index in [0.717, 1.165) is 51.8 Å². The number of nitrogens with one attached hydrogen (secondary N) is 1. The van der Waals surface area contributed by atoms with E-state index in [1.54, 1.807) is 12.1 Å². The first kappa shape index (κ1) is 21.7. The van der Waals surface area contributed by atoms with E-state index in [1.165, 1.54) is 0 Å². The van der Waals surface area contributed by atoms with Crippen molar-refractivity contribution in [2.45, 2.75) is 44.3 Å². The van der Waals surface area contributed by atoms with Crippen molar-refractivity contribution in [1.29, 1.82) is 0 Å². The Kier molecular flexibility index (Phi) is 7.36. The summed E-state index contributed by atoms with van der Waals surface area (Å²) >= 11 is 6.21. The quantitative estimate of drug-likeness (QED) is 0.735. The van der Waals surface area contributed by atoms with Crippen LogP contribution in [0.15, 0.2) is 12.1 Å². The molecule has 2 fully saturated rings. The van der Waals surface area contributed by atoms with E-state index in [9.17, 15) is 9.90 Å². The van der Waals surface area contributed by atoms with Gasteiger partial charge in [-0.1, -0.05) is 11.6 Å². The molecule has 4 rings (SSSR count). The average Bonchev–Trinajstić information content (AvgIpc) is 3.21. The van der Waals surface area contributed by atoms with E-state index in [2.05, 4.69) is 10.2 Å². The van der Waals surface area contributed by atoms with E-state index < -0.39 is 6.10 Å². The third-order valence-electron chi connectivity index (χ3n) is 6.12. The SMILES string of the molecule is O=C(NCC1CCN(CC2CCCO2)CC1O)c1cc(Cl)cc2c1OCCCCO2. The van der Waals surface area contributed by atoms with Gasteiger partial charge in [-0.15, -0.1) is 0 Å². The number of piperidine rings is 1. The normalized spacial score (nSPS) is 27.3. The average molecular weight is 439 g/mol. The van der Waals surface area contributed by atoms with Crippen LogP contribution in [0.3, 0.4) is 0 Å². The molecule has 0 aromatic heterocycles. The minimum Gasteiger partial charge on any atom is -0.490 e. The maximum Gasteiger partial charge on any atom is 0.255 e. The third kappa shape index (κ3) is 5.38. The lowest BCUT2D eigenvalue weighted by Gasteiger charge is -2.37. The second kappa shape index (κ2) is 10.2. The molecule has 0 spiro atoms. The van der Waals surface area contributed by atoms with Crippen molar-refractivity contribution in [3.8, 4) is 11.5 Å². The maximum absolute atomic E-state index is 12.9. The highest BCUT2D eigenvalue weighted by molar-refractivity contribution is 6.31. The van der Waals surface area contributed by atoms with Crippen molar-refractivity contribution in [1.82, 2.24) is 10.2 Å². The Morgan fingerprint density at radius 2 is 2.00 bits per heavy atom. The number of rotatable bonds is 5. The Bertz CT molecular complexity index is 740. The van der Waals surface area contributed by atoms with Gasteiger partial charge in [-0.25, -0.2) is 0 Å². The highest BCUT2D eigenvalue weighted by Gasteiger charge is 2.30. The summed E-state index contributed by atoms with van der Waals surface area (Å²) in [5.41, 5.74) is 0.379. The fourth-order valence-corrected chi connectivity index (χ4v) is 4.61. The third-order valence-corrected chi connectivity index (χ3v) is 6.34. The van der Waals surface area contributed by atoms with Crippen LogP contribution in [0.4, 0.5) is 0 Å². The molecule has 0 saturated carbocycles. The molecule has 30 heavy (non-hydrogen) atoms. The largest absolute Gasteiger partial charge is 0.490 e.